The SMILES string of the molecule is CCOc1ccc(C(=O)Nc2cccc(-c3nc4cc(C)ccc4o3)c2)cc1Cl. The Morgan fingerprint density at radius 1 is 1.14 bits per heavy atom. The maximum absolute atomic E-state index is 12.6. The quantitative estimate of drug-likeness (QED) is 0.434. The van der Waals surface area contributed by atoms with Crippen molar-refractivity contribution in [1.29, 1.82) is 0 Å². The molecule has 3 aromatic carbocycles. The Kier molecular flexibility index (Phi) is 5.23. The monoisotopic (exact) mass is 406 g/mol. The van der Waals surface area contributed by atoms with E-state index in [0.29, 0.717) is 34.5 Å². The summed E-state index contributed by atoms with van der Waals surface area (Å²) in [4.78, 5) is 17.2. The Bertz CT molecular complexity index is 1200. The fourth-order valence-corrected chi connectivity index (χ4v) is 3.24. The number of rotatable bonds is 5. The number of halogens is 1. The second-order valence-corrected chi connectivity index (χ2v) is 7.01. The van der Waals surface area contributed by atoms with Crippen LogP contribution in [0.2, 0.25) is 5.02 Å². The average molecular weight is 407 g/mol. The van der Waals surface area contributed by atoms with Crippen molar-refractivity contribution in [2.75, 3.05) is 11.9 Å². The van der Waals surface area contributed by atoms with Crippen LogP contribution in [0.25, 0.3) is 22.6 Å². The highest BCUT2D eigenvalue weighted by Gasteiger charge is 2.12. The number of amides is 1. The Morgan fingerprint density at radius 2 is 2.00 bits per heavy atom. The van der Waals surface area contributed by atoms with Gasteiger partial charge in [-0.05, 0) is 67.9 Å². The van der Waals surface area contributed by atoms with Crippen molar-refractivity contribution in [1.82, 2.24) is 4.98 Å². The molecule has 1 heterocycles. The van der Waals surface area contributed by atoms with Crippen molar-refractivity contribution in [3.8, 4) is 17.2 Å². The predicted octanol–water partition coefficient (Wildman–Crippen LogP) is 6.11. The van der Waals surface area contributed by atoms with Gasteiger partial charge in [-0.15, -0.1) is 0 Å². The van der Waals surface area contributed by atoms with E-state index in [2.05, 4.69) is 10.3 Å². The third-order valence-corrected chi connectivity index (χ3v) is 4.70. The minimum atomic E-state index is -0.264. The number of nitrogens with one attached hydrogen (secondary N) is 1. The average Bonchev–Trinajstić information content (AvgIpc) is 3.13. The summed E-state index contributed by atoms with van der Waals surface area (Å²) < 4.78 is 11.3. The molecule has 4 rings (SSSR count). The molecule has 0 saturated heterocycles. The number of aryl methyl sites for hydroxylation is 1. The molecule has 0 spiro atoms. The van der Waals surface area contributed by atoms with E-state index in [-0.39, 0.29) is 5.91 Å². The van der Waals surface area contributed by atoms with Crippen LogP contribution in [0, 0.1) is 6.92 Å². The molecule has 0 saturated carbocycles. The molecule has 29 heavy (non-hydrogen) atoms. The summed E-state index contributed by atoms with van der Waals surface area (Å²) in [6.45, 7) is 4.40. The molecule has 0 radical (unpaired) electrons. The van der Waals surface area contributed by atoms with Crippen LogP contribution in [0.1, 0.15) is 22.8 Å². The largest absolute Gasteiger partial charge is 0.492 e. The standard InChI is InChI=1S/C23H19ClN2O3/c1-3-28-20-10-8-15(13-18(20)24)22(27)25-17-6-4-5-16(12-17)23-26-19-11-14(2)7-9-21(19)29-23/h4-13H,3H2,1-2H3,(H,25,27). The number of nitrogens with zero attached hydrogens (tertiary/aromatic N) is 1. The summed E-state index contributed by atoms with van der Waals surface area (Å²) >= 11 is 6.18. The van der Waals surface area contributed by atoms with Crippen LogP contribution in [-0.2, 0) is 0 Å². The fourth-order valence-electron chi connectivity index (χ4n) is 3.01. The van der Waals surface area contributed by atoms with E-state index < -0.39 is 0 Å². The molecule has 1 amide bonds. The minimum absolute atomic E-state index is 0.264. The van der Waals surface area contributed by atoms with E-state index in [1.165, 1.54) is 0 Å². The number of hydrogen-bond donors (Lipinski definition) is 1. The van der Waals surface area contributed by atoms with Crippen LogP contribution in [0.5, 0.6) is 5.75 Å². The summed E-state index contributed by atoms with van der Waals surface area (Å²) in [5.41, 5.74) is 4.51. The van der Waals surface area contributed by atoms with Crippen molar-refractivity contribution in [3.05, 3.63) is 76.8 Å². The maximum Gasteiger partial charge on any atom is 0.255 e. The zero-order valence-electron chi connectivity index (χ0n) is 16.0. The Hall–Kier alpha value is -3.31. The van der Waals surface area contributed by atoms with Gasteiger partial charge in [-0.3, -0.25) is 4.79 Å². The van der Waals surface area contributed by atoms with E-state index in [0.717, 1.165) is 22.2 Å². The molecule has 1 N–H and O–H groups in total. The third kappa shape index (κ3) is 4.10. The van der Waals surface area contributed by atoms with Gasteiger partial charge in [-0.25, -0.2) is 4.98 Å². The lowest BCUT2D eigenvalue weighted by Gasteiger charge is -2.09. The van der Waals surface area contributed by atoms with Gasteiger partial charge in [0, 0.05) is 16.8 Å². The number of aromatic nitrogens is 1. The lowest BCUT2D eigenvalue weighted by Crippen LogP contribution is -2.12. The number of benzene rings is 3. The van der Waals surface area contributed by atoms with E-state index in [9.17, 15) is 4.79 Å². The molecule has 146 valence electrons. The number of oxazole rings is 1. The summed E-state index contributed by atoms with van der Waals surface area (Å²) in [5.74, 6) is 0.796. The fraction of sp³-hybridized carbons (Fsp3) is 0.130. The summed E-state index contributed by atoms with van der Waals surface area (Å²) in [5, 5.41) is 3.28. The van der Waals surface area contributed by atoms with Gasteiger partial charge in [0.05, 0.1) is 11.6 Å². The lowest BCUT2D eigenvalue weighted by atomic mass is 10.1. The van der Waals surface area contributed by atoms with Gasteiger partial charge in [-0.1, -0.05) is 23.7 Å². The van der Waals surface area contributed by atoms with Crippen LogP contribution >= 0.6 is 11.6 Å². The van der Waals surface area contributed by atoms with Crippen LogP contribution in [0.4, 0.5) is 5.69 Å². The summed E-state index contributed by atoms with van der Waals surface area (Å²) in [6, 6.07) is 18.2. The molecule has 0 unspecified atom stereocenters. The molecule has 0 bridgehead atoms. The smallest absolute Gasteiger partial charge is 0.255 e. The van der Waals surface area contributed by atoms with Crippen molar-refractivity contribution >= 4 is 34.3 Å². The van der Waals surface area contributed by atoms with Gasteiger partial charge in [-0.2, -0.15) is 0 Å². The molecule has 0 fully saturated rings. The molecule has 0 aliphatic heterocycles. The first-order valence-electron chi connectivity index (χ1n) is 9.25. The molecule has 5 nitrogen and oxygen atoms in total. The van der Waals surface area contributed by atoms with Gasteiger partial charge in [0.2, 0.25) is 5.89 Å². The molecule has 4 aromatic rings. The molecule has 0 aliphatic carbocycles. The van der Waals surface area contributed by atoms with Gasteiger partial charge in [0.1, 0.15) is 11.3 Å². The summed E-state index contributed by atoms with van der Waals surface area (Å²) in [7, 11) is 0. The van der Waals surface area contributed by atoms with Crippen molar-refractivity contribution in [3.63, 3.8) is 0 Å². The molecule has 6 heteroatoms. The maximum atomic E-state index is 12.6. The summed E-state index contributed by atoms with van der Waals surface area (Å²) in [6.07, 6.45) is 0. The van der Waals surface area contributed by atoms with Crippen molar-refractivity contribution in [2.24, 2.45) is 0 Å². The number of ether oxygens (including phenoxy) is 1. The van der Waals surface area contributed by atoms with E-state index in [1.807, 2.05) is 56.3 Å². The predicted molar refractivity (Wildman–Crippen MR) is 115 cm³/mol. The Labute approximate surface area is 173 Å². The normalized spacial score (nSPS) is 10.9. The van der Waals surface area contributed by atoms with Crippen LogP contribution in [-0.4, -0.2) is 17.5 Å². The molecular weight excluding hydrogens is 388 g/mol. The molecular formula is C23H19ClN2O3. The first kappa shape index (κ1) is 19.0. The lowest BCUT2D eigenvalue weighted by molar-refractivity contribution is 0.102. The highest BCUT2D eigenvalue weighted by atomic mass is 35.5. The van der Waals surface area contributed by atoms with Gasteiger partial charge < -0.3 is 14.5 Å². The van der Waals surface area contributed by atoms with Crippen molar-refractivity contribution in [2.45, 2.75) is 13.8 Å². The number of carbonyl (C=O) groups is 1. The molecule has 0 aliphatic rings. The zero-order chi connectivity index (χ0) is 20.4. The van der Waals surface area contributed by atoms with Gasteiger partial charge in [0.25, 0.3) is 5.91 Å². The zero-order valence-corrected chi connectivity index (χ0v) is 16.8. The number of carbonyl (C=O) groups excluding carboxylic acids is 1. The number of hydrogen-bond acceptors (Lipinski definition) is 4. The van der Waals surface area contributed by atoms with E-state index in [4.69, 9.17) is 20.8 Å². The van der Waals surface area contributed by atoms with E-state index in [1.54, 1.807) is 18.2 Å². The van der Waals surface area contributed by atoms with Gasteiger partial charge >= 0.3 is 0 Å². The van der Waals surface area contributed by atoms with E-state index >= 15 is 0 Å². The molecule has 1 aromatic heterocycles. The highest BCUT2D eigenvalue weighted by Crippen LogP contribution is 2.28. The minimum Gasteiger partial charge on any atom is -0.492 e. The first-order valence-corrected chi connectivity index (χ1v) is 9.62. The third-order valence-electron chi connectivity index (χ3n) is 4.40. The number of fused-ring (bicyclic) bond motifs is 1. The highest BCUT2D eigenvalue weighted by molar-refractivity contribution is 6.32. The van der Waals surface area contributed by atoms with Crippen molar-refractivity contribution < 1.29 is 13.9 Å². The second kappa shape index (κ2) is 7.97. The first-order chi connectivity index (χ1) is 14.0. The Balaban J connectivity index is 1.57. The Morgan fingerprint density at radius 3 is 2.79 bits per heavy atom. The van der Waals surface area contributed by atoms with Gasteiger partial charge in [0.15, 0.2) is 5.58 Å². The van der Waals surface area contributed by atoms with Crippen LogP contribution in [0.15, 0.2) is 65.1 Å². The topological polar surface area (TPSA) is 64.4 Å². The van der Waals surface area contributed by atoms with Crippen LogP contribution < -0.4 is 10.1 Å². The number of anilines is 1. The van der Waals surface area contributed by atoms with Crippen LogP contribution in [0.3, 0.4) is 0 Å². The molecule has 0 atom stereocenters. The second-order valence-electron chi connectivity index (χ2n) is 6.60.